The lowest BCUT2D eigenvalue weighted by molar-refractivity contribution is -0.131. The highest BCUT2D eigenvalue weighted by Crippen LogP contribution is 2.18. The zero-order valence-electron chi connectivity index (χ0n) is 13.6. The molecule has 126 valence electrons. The summed E-state index contributed by atoms with van der Waals surface area (Å²) in [6.45, 7) is 1.95. The molecule has 0 aliphatic rings. The van der Waals surface area contributed by atoms with Crippen molar-refractivity contribution in [1.82, 2.24) is 4.90 Å². The summed E-state index contributed by atoms with van der Waals surface area (Å²) in [7, 11) is 1.59. The van der Waals surface area contributed by atoms with Gasteiger partial charge in [0.1, 0.15) is 5.82 Å². The van der Waals surface area contributed by atoms with Crippen molar-refractivity contribution >= 4 is 29.3 Å². The number of nitrogens with zero attached hydrogens (tertiary/aromatic N) is 1. The van der Waals surface area contributed by atoms with Crippen molar-refractivity contribution in [3.63, 3.8) is 0 Å². The monoisotopic (exact) mass is 346 g/mol. The van der Waals surface area contributed by atoms with E-state index in [0.717, 1.165) is 10.5 Å². The van der Waals surface area contributed by atoms with Crippen LogP contribution in [0.15, 0.2) is 53.4 Å². The highest BCUT2D eigenvalue weighted by molar-refractivity contribution is 8.00. The zero-order valence-corrected chi connectivity index (χ0v) is 14.4. The Morgan fingerprint density at radius 3 is 2.33 bits per heavy atom. The van der Waals surface area contributed by atoms with Crippen molar-refractivity contribution < 1.29 is 14.0 Å². The molecule has 0 spiro atoms. The van der Waals surface area contributed by atoms with E-state index in [1.807, 2.05) is 31.2 Å². The van der Waals surface area contributed by atoms with E-state index in [9.17, 15) is 14.0 Å². The van der Waals surface area contributed by atoms with E-state index >= 15 is 0 Å². The minimum Gasteiger partial charge on any atom is -0.336 e. The van der Waals surface area contributed by atoms with Gasteiger partial charge in [-0.1, -0.05) is 17.7 Å². The van der Waals surface area contributed by atoms with Crippen LogP contribution >= 0.6 is 11.8 Å². The molecule has 6 heteroatoms. The molecule has 0 bridgehead atoms. The van der Waals surface area contributed by atoms with Crippen LogP contribution < -0.4 is 5.32 Å². The number of benzene rings is 2. The van der Waals surface area contributed by atoms with Gasteiger partial charge < -0.3 is 10.2 Å². The minimum absolute atomic E-state index is 0.0172. The van der Waals surface area contributed by atoms with Crippen molar-refractivity contribution in [2.45, 2.75) is 11.8 Å². The quantitative estimate of drug-likeness (QED) is 0.816. The van der Waals surface area contributed by atoms with E-state index in [1.165, 1.54) is 28.8 Å². The Morgan fingerprint density at radius 2 is 1.71 bits per heavy atom. The fourth-order valence-corrected chi connectivity index (χ4v) is 2.77. The molecule has 2 amide bonds. The first kappa shape index (κ1) is 18.0. The first-order valence-corrected chi connectivity index (χ1v) is 8.41. The molecular weight excluding hydrogens is 327 g/mol. The van der Waals surface area contributed by atoms with Crippen molar-refractivity contribution in [3.8, 4) is 0 Å². The largest absolute Gasteiger partial charge is 0.336 e. The molecule has 1 N–H and O–H groups in total. The normalized spacial score (nSPS) is 10.3. The van der Waals surface area contributed by atoms with Gasteiger partial charge >= 0.3 is 0 Å². The lowest BCUT2D eigenvalue weighted by atomic mass is 10.2. The van der Waals surface area contributed by atoms with E-state index in [4.69, 9.17) is 0 Å². The molecule has 0 unspecified atom stereocenters. The Morgan fingerprint density at radius 1 is 1.08 bits per heavy atom. The topological polar surface area (TPSA) is 49.4 Å². The van der Waals surface area contributed by atoms with E-state index in [2.05, 4.69) is 5.32 Å². The fraction of sp³-hybridized carbons (Fsp3) is 0.222. The third-order valence-corrected chi connectivity index (χ3v) is 4.31. The summed E-state index contributed by atoms with van der Waals surface area (Å²) in [4.78, 5) is 26.2. The van der Waals surface area contributed by atoms with Crippen molar-refractivity contribution in [1.29, 1.82) is 0 Å². The lowest BCUT2D eigenvalue weighted by Crippen LogP contribution is -2.35. The Hall–Kier alpha value is -2.34. The molecule has 2 aromatic rings. The summed E-state index contributed by atoms with van der Waals surface area (Å²) in [6.07, 6.45) is 0. The number of aryl methyl sites for hydroxylation is 1. The number of hydrogen-bond donors (Lipinski definition) is 1. The summed E-state index contributed by atoms with van der Waals surface area (Å²) in [6, 6.07) is 13.4. The number of nitrogens with one attached hydrogen (secondary N) is 1. The average molecular weight is 346 g/mol. The highest BCUT2D eigenvalue weighted by Gasteiger charge is 2.13. The first-order valence-electron chi connectivity index (χ1n) is 7.43. The third-order valence-electron chi connectivity index (χ3n) is 3.32. The second-order valence-corrected chi connectivity index (χ2v) is 6.46. The number of carbonyl (C=O) groups is 2. The molecule has 4 nitrogen and oxygen atoms in total. The van der Waals surface area contributed by atoms with Gasteiger partial charge in [0.25, 0.3) is 0 Å². The molecule has 0 aliphatic carbocycles. The van der Waals surface area contributed by atoms with Crippen LogP contribution in [0, 0.1) is 12.7 Å². The van der Waals surface area contributed by atoms with Crippen LogP contribution in [0.1, 0.15) is 5.56 Å². The van der Waals surface area contributed by atoms with Crippen LogP contribution in [0.2, 0.25) is 0 Å². The van der Waals surface area contributed by atoms with Crippen molar-refractivity contribution in [2.24, 2.45) is 0 Å². The molecule has 0 saturated heterocycles. The van der Waals surface area contributed by atoms with Crippen LogP contribution in [0.25, 0.3) is 0 Å². The highest BCUT2D eigenvalue weighted by atomic mass is 32.2. The fourth-order valence-electron chi connectivity index (χ4n) is 1.93. The predicted octanol–water partition coefficient (Wildman–Crippen LogP) is 3.32. The van der Waals surface area contributed by atoms with Crippen molar-refractivity contribution in [3.05, 3.63) is 59.9 Å². The third kappa shape index (κ3) is 5.70. The Bertz CT molecular complexity index is 702. The maximum absolute atomic E-state index is 12.8. The molecular formula is C18H19FN2O2S. The summed E-state index contributed by atoms with van der Waals surface area (Å²) in [5.41, 5.74) is 1.81. The smallest absolute Gasteiger partial charge is 0.243 e. The first-order chi connectivity index (χ1) is 11.4. The second-order valence-electron chi connectivity index (χ2n) is 5.41. The van der Waals surface area contributed by atoms with Gasteiger partial charge in [-0.15, -0.1) is 11.8 Å². The number of anilines is 1. The van der Waals surface area contributed by atoms with Gasteiger partial charge in [-0.3, -0.25) is 9.59 Å². The molecule has 2 rings (SSSR count). The van der Waals surface area contributed by atoms with Crippen LogP contribution in [-0.2, 0) is 9.59 Å². The second kappa shape index (κ2) is 8.49. The van der Waals surface area contributed by atoms with E-state index in [1.54, 1.807) is 19.2 Å². The number of likely N-dealkylation sites (N-methyl/N-ethyl adjacent to an activating group) is 1. The average Bonchev–Trinajstić information content (AvgIpc) is 2.56. The van der Waals surface area contributed by atoms with Gasteiger partial charge in [0.2, 0.25) is 11.8 Å². The molecule has 2 aromatic carbocycles. The van der Waals surface area contributed by atoms with Crippen molar-refractivity contribution in [2.75, 3.05) is 24.7 Å². The predicted molar refractivity (Wildman–Crippen MR) is 94.6 cm³/mol. The van der Waals surface area contributed by atoms with Crippen LogP contribution in [0.5, 0.6) is 0 Å². The summed E-state index contributed by atoms with van der Waals surface area (Å²) >= 11 is 1.31. The molecule has 0 atom stereocenters. The van der Waals surface area contributed by atoms with Gasteiger partial charge in [0.05, 0.1) is 12.3 Å². The summed E-state index contributed by atoms with van der Waals surface area (Å²) in [5.74, 6) is -0.527. The number of amides is 2. The van der Waals surface area contributed by atoms with Crippen LogP contribution in [0.4, 0.5) is 10.1 Å². The number of rotatable bonds is 6. The zero-order chi connectivity index (χ0) is 17.5. The molecule has 0 radical (unpaired) electrons. The van der Waals surface area contributed by atoms with Crippen LogP contribution in [-0.4, -0.2) is 36.1 Å². The van der Waals surface area contributed by atoms with Gasteiger partial charge in [0.15, 0.2) is 0 Å². The molecule has 0 saturated carbocycles. The van der Waals surface area contributed by atoms with Gasteiger partial charge in [-0.25, -0.2) is 4.39 Å². The molecule has 0 heterocycles. The van der Waals surface area contributed by atoms with Gasteiger partial charge in [-0.2, -0.15) is 0 Å². The molecule has 0 aliphatic heterocycles. The molecule has 24 heavy (non-hydrogen) atoms. The minimum atomic E-state index is -0.310. The Balaban J connectivity index is 1.78. The number of carbonyl (C=O) groups excluding carboxylic acids is 2. The standard InChI is InChI=1S/C18H19FN2O2S/c1-13-3-7-15(8-4-13)20-17(22)11-21(2)18(23)12-24-16-9-5-14(19)6-10-16/h3-10H,11-12H2,1-2H3,(H,20,22). The molecule has 0 aromatic heterocycles. The van der Waals surface area contributed by atoms with E-state index < -0.39 is 0 Å². The Kier molecular flexibility index (Phi) is 6.37. The summed E-state index contributed by atoms with van der Waals surface area (Å²) in [5, 5.41) is 2.75. The summed E-state index contributed by atoms with van der Waals surface area (Å²) < 4.78 is 12.8. The van der Waals surface area contributed by atoms with Crippen LogP contribution in [0.3, 0.4) is 0 Å². The van der Waals surface area contributed by atoms with Gasteiger partial charge in [0, 0.05) is 17.6 Å². The number of halogens is 1. The van der Waals surface area contributed by atoms with E-state index in [0.29, 0.717) is 5.69 Å². The Labute approximate surface area is 145 Å². The maximum atomic E-state index is 12.8. The number of hydrogen-bond acceptors (Lipinski definition) is 3. The maximum Gasteiger partial charge on any atom is 0.243 e. The van der Waals surface area contributed by atoms with E-state index in [-0.39, 0.29) is 29.9 Å². The SMILES string of the molecule is Cc1ccc(NC(=O)CN(C)C(=O)CSc2ccc(F)cc2)cc1. The molecule has 0 fully saturated rings. The lowest BCUT2D eigenvalue weighted by Gasteiger charge is -2.16. The number of thioether (sulfide) groups is 1. The van der Waals surface area contributed by atoms with Gasteiger partial charge in [-0.05, 0) is 43.3 Å².